The van der Waals surface area contributed by atoms with Gasteiger partial charge in [-0.3, -0.25) is 4.79 Å². The first-order valence-corrected chi connectivity index (χ1v) is 9.28. The normalized spacial score (nSPS) is 19.2. The van der Waals surface area contributed by atoms with Gasteiger partial charge >= 0.3 is 0 Å². The van der Waals surface area contributed by atoms with Crippen molar-refractivity contribution >= 4 is 35.1 Å². The Morgan fingerprint density at radius 3 is 2.54 bits per heavy atom. The largest absolute Gasteiger partial charge is 0.354 e. The molecule has 26 heavy (non-hydrogen) atoms. The number of piperidine rings is 1. The van der Waals surface area contributed by atoms with Crippen molar-refractivity contribution in [3.05, 3.63) is 52.3 Å². The number of nitrogens with zero attached hydrogens (tertiary/aromatic N) is 4. The highest BCUT2D eigenvalue weighted by Gasteiger charge is 2.47. The molecule has 0 radical (unpaired) electrons. The minimum Gasteiger partial charge on any atom is -0.354 e. The molecule has 0 aliphatic carbocycles. The number of anilines is 1. The van der Waals surface area contributed by atoms with Crippen LogP contribution in [0, 0.1) is 0 Å². The van der Waals surface area contributed by atoms with Crippen LogP contribution in [-0.4, -0.2) is 52.7 Å². The molecule has 0 bridgehead atoms. The topological polar surface area (TPSA) is 58.6 Å². The van der Waals surface area contributed by atoms with E-state index >= 15 is 0 Å². The van der Waals surface area contributed by atoms with Gasteiger partial charge in [-0.05, 0) is 24.3 Å². The molecule has 2 saturated heterocycles. The Morgan fingerprint density at radius 2 is 1.85 bits per heavy atom. The molecule has 0 N–H and O–H groups in total. The maximum absolute atomic E-state index is 13.1. The van der Waals surface area contributed by atoms with Gasteiger partial charge in [0.2, 0.25) is 5.95 Å². The molecule has 0 atom stereocenters. The zero-order chi connectivity index (χ0) is 18.1. The molecule has 2 aliphatic heterocycles. The average molecular weight is 393 g/mol. The summed E-state index contributed by atoms with van der Waals surface area (Å²) in [6, 6.07) is 6.74. The van der Waals surface area contributed by atoms with Crippen LogP contribution in [0.25, 0.3) is 0 Å². The molecule has 1 aromatic carbocycles. The smallest absolute Gasteiger partial charge is 0.257 e. The summed E-state index contributed by atoms with van der Waals surface area (Å²) in [6.07, 6.45) is 4.86. The van der Waals surface area contributed by atoms with E-state index in [1.54, 1.807) is 36.7 Å². The van der Waals surface area contributed by atoms with Crippen LogP contribution < -0.4 is 4.90 Å². The lowest BCUT2D eigenvalue weighted by molar-refractivity contribution is -0.0837. The first-order chi connectivity index (χ1) is 12.6. The molecule has 3 heterocycles. The third kappa shape index (κ3) is 3.13. The van der Waals surface area contributed by atoms with Crippen molar-refractivity contribution in [2.75, 3.05) is 31.1 Å². The number of benzene rings is 1. The van der Waals surface area contributed by atoms with Crippen molar-refractivity contribution in [1.29, 1.82) is 0 Å². The zero-order valence-electron chi connectivity index (χ0n) is 14.1. The van der Waals surface area contributed by atoms with E-state index in [0.717, 1.165) is 13.1 Å². The van der Waals surface area contributed by atoms with E-state index in [4.69, 9.17) is 27.9 Å². The number of halogens is 2. The van der Waals surface area contributed by atoms with Gasteiger partial charge < -0.3 is 14.5 Å². The standard InChI is InChI=1S/C18H18Cl2N4O2/c19-13-2-3-14(15(20)12-13)16(25)24-10-11-26-18(24)4-8-23(9-5-18)17-21-6-1-7-22-17/h1-3,6-7,12H,4-5,8-11H2. The average Bonchev–Trinajstić information content (AvgIpc) is 3.05. The lowest BCUT2D eigenvalue weighted by Gasteiger charge is -2.43. The maximum Gasteiger partial charge on any atom is 0.257 e. The third-order valence-corrected chi connectivity index (χ3v) is 5.51. The fourth-order valence-corrected chi connectivity index (χ4v) is 4.12. The quantitative estimate of drug-likeness (QED) is 0.784. The van der Waals surface area contributed by atoms with Gasteiger partial charge in [-0.1, -0.05) is 23.2 Å². The maximum atomic E-state index is 13.1. The SMILES string of the molecule is O=C(c1ccc(Cl)cc1Cl)N1CCOC12CCN(c1ncccn1)CC2. The van der Waals surface area contributed by atoms with Gasteiger partial charge in [0.1, 0.15) is 5.72 Å². The highest BCUT2D eigenvalue weighted by Crippen LogP contribution is 2.37. The van der Waals surface area contributed by atoms with Crippen LogP contribution in [0.3, 0.4) is 0 Å². The summed E-state index contributed by atoms with van der Waals surface area (Å²) < 4.78 is 6.05. The number of hydrogen-bond acceptors (Lipinski definition) is 5. The first kappa shape index (κ1) is 17.5. The van der Waals surface area contributed by atoms with E-state index in [1.165, 1.54) is 0 Å². The summed E-state index contributed by atoms with van der Waals surface area (Å²) in [7, 11) is 0. The monoisotopic (exact) mass is 392 g/mol. The molecule has 1 aromatic heterocycles. The van der Waals surface area contributed by atoms with E-state index in [0.29, 0.717) is 47.6 Å². The van der Waals surface area contributed by atoms with Crippen molar-refractivity contribution in [3.8, 4) is 0 Å². The van der Waals surface area contributed by atoms with Crippen LogP contribution in [0.5, 0.6) is 0 Å². The van der Waals surface area contributed by atoms with Gasteiger partial charge in [0.05, 0.1) is 17.2 Å². The summed E-state index contributed by atoms with van der Waals surface area (Å²) in [4.78, 5) is 25.6. The minimum absolute atomic E-state index is 0.117. The molecular formula is C18H18Cl2N4O2. The summed E-state index contributed by atoms with van der Waals surface area (Å²) in [5.74, 6) is 0.590. The van der Waals surface area contributed by atoms with Crippen LogP contribution in [0.4, 0.5) is 5.95 Å². The summed E-state index contributed by atoms with van der Waals surface area (Å²) in [6.45, 7) is 2.53. The fourth-order valence-electron chi connectivity index (χ4n) is 3.63. The number of rotatable bonds is 2. The second kappa shape index (κ2) is 7.02. The van der Waals surface area contributed by atoms with Crippen LogP contribution in [0.15, 0.2) is 36.7 Å². The predicted molar refractivity (Wildman–Crippen MR) is 99.7 cm³/mol. The number of ether oxygens (including phenoxy) is 1. The molecule has 1 amide bonds. The number of amides is 1. The van der Waals surface area contributed by atoms with Gasteiger partial charge in [0.25, 0.3) is 5.91 Å². The molecule has 2 aromatic rings. The molecular weight excluding hydrogens is 375 g/mol. The van der Waals surface area contributed by atoms with Crippen molar-refractivity contribution < 1.29 is 9.53 Å². The molecule has 2 fully saturated rings. The highest BCUT2D eigenvalue weighted by atomic mass is 35.5. The van der Waals surface area contributed by atoms with E-state index < -0.39 is 5.72 Å². The van der Waals surface area contributed by atoms with Gasteiger partial charge in [-0.15, -0.1) is 0 Å². The third-order valence-electron chi connectivity index (χ3n) is 4.96. The van der Waals surface area contributed by atoms with Crippen molar-refractivity contribution in [3.63, 3.8) is 0 Å². The summed E-state index contributed by atoms with van der Waals surface area (Å²) in [5, 5.41) is 0.870. The highest BCUT2D eigenvalue weighted by molar-refractivity contribution is 6.36. The van der Waals surface area contributed by atoms with Gasteiger partial charge in [0.15, 0.2) is 0 Å². The van der Waals surface area contributed by atoms with Gasteiger partial charge in [-0.2, -0.15) is 0 Å². The molecule has 4 rings (SSSR count). The Hall–Kier alpha value is -1.89. The molecule has 1 spiro atoms. The Labute approximate surface area is 161 Å². The van der Waals surface area contributed by atoms with E-state index in [9.17, 15) is 4.79 Å². The number of aromatic nitrogens is 2. The second-order valence-electron chi connectivity index (χ2n) is 6.41. The minimum atomic E-state index is -0.592. The molecule has 2 aliphatic rings. The fraction of sp³-hybridized carbons (Fsp3) is 0.389. The van der Waals surface area contributed by atoms with Gasteiger partial charge in [-0.25, -0.2) is 9.97 Å². The Balaban J connectivity index is 1.53. The molecule has 8 heteroatoms. The van der Waals surface area contributed by atoms with Crippen molar-refractivity contribution in [1.82, 2.24) is 14.9 Å². The van der Waals surface area contributed by atoms with Crippen LogP contribution in [-0.2, 0) is 4.74 Å². The number of carbonyl (C=O) groups is 1. The summed E-state index contributed by atoms with van der Waals surface area (Å²) >= 11 is 12.2. The predicted octanol–water partition coefficient (Wildman–Crippen LogP) is 3.25. The molecule has 136 valence electrons. The van der Waals surface area contributed by atoms with E-state index in [1.807, 2.05) is 4.90 Å². The van der Waals surface area contributed by atoms with Crippen molar-refractivity contribution in [2.45, 2.75) is 18.6 Å². The molecule has 0 unspecified atom stereocenters. The molecule has 6 nitrogen and oxygen atoms in total. The lowest BCUT2D eigenvalue weighted by atomic mass is 9.98. The van der Waals surface area contributed by atoms with Crippen molar-refractivity contribution in [2.24, 2.45) is 0 Å². The van der Waals surface area contributed by atoms with E-state index in [2.05, 4.69) is 14.9 Å². The van der Waals surface area contributed by atoms with Gasteiger partial charge in [0, 0.05) is 49.9 Å². The lowest BCUT2D eigenvalue weighted by Crippen LogP contribution is -2.55. The number of carbonyl (C=O) groups excluding carboxylic acids is 1. The summed E-state index contributed by atoms with van der Waals surface area (Å²) in [5.41, 5.74) is -0.138. The Kier molecular flexibility index (Phi) is 4.73. The number of hydrogen-bond donors (Lipinski definition) is 0. The second-order valence-corrected chi connectivity index (χ2v) is 7.26. The zero-order valence-corrected chi connectivity index (χ0v) is 15.6. The molecule has 0 saturated carbocycles. The Bertz CT molecular complexity index is 810. The Morgan fingerprint density at radius 1 is 1.12 bits per heavy atom. The first-order valence-electron chi connectivity index (χ1n) is 8.52. The van der Waals surface area contributed by atoms with Crippen LogP contribution >= 0.6 is 23.2 Å². The van der Waals surface area contributed by atoms with Crippen LogP contribution in [0.2, 0.25) is 10.0 Å². The van der Waals surface area contributed by atoms with E-state index in [-0.39, 0.29) is 5.91 Å². The van der Waals surface area contributed by atoms with Crippen LogP contribution in [0.1, 0.15) is 23.2 Å².